The van der Waals surface area contributed by atoms with Crippen LogP contribution in [0.2, 0.25) is 5.28 Å². The lowest BCUT2D eigenvalue weighted by molar-refractivity contribution is 0.122. The number of fused-ring (bicyclic) bond motifs is 1. The van der Waals surface area contributed by atoms with E-state index in [4.69, 9.17) is 16.3 Å². The molecule has 1 aliphatic rings. The van der Waals surface area contributed by atoms with E-state index in [-0.39, 0.29) is 11.1 Å². The molecule has 6 heteroatoms. The monoisotopic (exact) mass is 267 g/mol. The number of halogens is 2. The summed E-state index contributed by atoms with van der Waals surface area (Å²) in [5, 5.41) is 0.858. The molecule has 0 radical (unpaired) electrons. The van der Waals surface area contributed by atoms with Crippen LogP contribution in [-0.4, -0.2) is 36.3 Å². The standard InChI is InChI=1S/C12H11ClFN3O/c13-12-15-10-2-1-8(14)7-9(10)11(16-12)17-3-5-18-6-4-17/h1-2,7H,3-6H2. The minimum absolute atomic E-state index is 0.176. The molecule has 0 amide bonds. The molecule has 18 heavy (non-hydrogen) atoms. The van der Waals surface area contributed by atoms with Gasteiger partial charge in [-0.05, 0) is 29.8 Å². The van der Waals surface area contributed by atoms with E-state index in [9.17, 15) is 4.39 Å². The van der Waals surface area contributed by atoms with Crippen LogP contribution in [-0.2, 0) is 4.74 Å². The van der Waals surface area contributed by atoms with E-state index >= 15 is 0 Å². The van der Waals surface area contributed by atoms with E-state index < -0.39 is 0 Å². The number of ether oxygens (including phenoxy) is 1. The molecule has 2 aromatic rings. The Morgan fingerprint density at radius 2 is 2.00 bits per heavy atom. The largest absolute Gasteiger partial charge is 0.378 e. The molecule has 0 bridgehead atoms. The second-order valence-electron chi connectivity index (χ2n) is 4.08. The minimum Gasteiger partial charge on any atom is -0.378 e. The number of nitrogens with zero attached hydrogens (tertiary/aromatic N) is 3. The Morgan fingerprint density at radius 3 is 2.78 bits per heavy atom. The molecule has 0 saturated carbocycles. The third-order valence-electron chi connectivity index (χ3n) is 2.92. The van der Waals surface area contributed by atoms with Gasteiger partial charge >= 0.3 is 0 Å². The number of morpholine rings is 1. The van der Waals surface area contributed by atoms with Gasteiger partial charge in [0.2, 0.25) is 5.28 Å². The third-order valence-corrected chi connectivity index (χ3v) is 3.09. The van der Waals surface area contributed by atoms with E-state index in [0.717, 1.165) is 13.1 Å². The highest BCUT2D eigenvalue weighted by Gasteiger charge is 2.17. The van der Waals surface area contributed by atoms with Gasteiger partial charge in [-0.1, -0.05) is 0 Å². The van der Waals surface area contributed by atoms with Gasteiger partial charge in [0.25, 0.3) is 0 Å². The van der Waals surface area contributed by atoms with Crippen molar-refractivity contribution in [3.8, 4) is 0 Å². The van der Waals surface area contributed by atoms with Gasteiger partial charge in [0.15, 0.2) is 0 Å². The van der Waals surface area contributed by atoms with E-state index in [1.54, 1.807) is 6.07 Å². The highest BCUT2D eigenvalue weighted by Crippen LogP contribution is 2.26. The van der Waals surface area contributed by atoms with E-state index in [0.29, 0.717) is 29.9 Å². The third kappa shape index (κ3) is 2.11. The predicted molar refractivity (Wildman–Crippen MR) is 67.5 cm³/mol. The van der Waals surface area contributed by atoms with Gasteiger partial charge in [0.1, 0.15) is 11.6 Å². The first-order valence-electron chi connectivity index (χ1n) is 5.69. The second-order valence-corrected chi connectivity index (χ2v) is 4.42. The SMILES string of the molecule is Fc1ccc2nc(Cl)nc(N3CCOCC3)c2c1. The predicted octanol–water partition coefficient (Wildman–Crippen LogP) is 2.26. The van der Waals surface area contributed by atoms with Gasteiger partial charge < -0.3 is 9.64 Å². The van der Waals surface area contributed by atoms with Gasteiger partial charge in [-0.2, -0.15) is 4.98 Å². The molecule has 1 saturated heterocycles. The summed E-state index contributed by atoms with van der Waals surface area (Å²) in [5.41, 5.74) is 0.651. The van der Waals surface area contributed by atoms with Gasteiger partial charge in [-0.25, -0.2) is 9.37 Å². The Kier molecular flexibility index (Phi) is 3.01. The number of hydrogen-bond acceptors (Lipinski definition) is 4. The van der Waals surface area contributed by atoms with Crippen LogP contribution in [0.3, 0.4) is 0 Å². The summed E-state index contributed by atoms with van der Waals surface area (Å²) in [4.78, 5) is 10.4. The van der Waals surface area contributed by atoms with Crippen LogP contribution < -0.4 is 4.90 Å². The minimum atomic E-state index is -0.303. The maximum Gasteiger partial charge on any atom is 0.224 e. The van der Waals surface area contributed by atoms with Crippen molar-refractivity contribution < 1.29 is 9.13 Å². The molecule has 0 N–H and O–H groups in total. The van der Waals surface area contributed by atoms with Crippen molar-refractivity contribution in [1.82, 2.24) is 9.97 Å². The lowest BCUT2D eigenvalue weighted by atomic mass is 10.2. The van der Waals surface area contributed by atoms with Crippen molar-refractivity contribution in [2.24, 2.45) is 0 Å². The van der Waals surface area contributed by atoms with Crippen molar-refractivity contribution >= 4 is 28.3 Å². The van der Waals surface area contributed by atoms with Crippen LogP contribution in [0.1, 0.15) is 0 Å². The molecular weight excluding hydrogens is 257 g/mol. The maximum absolute atomic E-state index is 13.4. The van der Waals surface area contributed by atoms with Crippen LogP contribution in [0, 0.1) is 5.82 Å². The number of rotatable bonds is 1. The van der Waals surface area contributed by atoms with Crippen LogP contribution in [0.15, 0.2) is 18.2 Å². The first-order chi connectivity index (χ1) is 8.74. The summed E-state index contributed by atoms with van der Waals surface area (Å²) in [5.74, 6) is 0.371. The topological polar surface area (TPSA) is 38.2 Å². The number of anilines is 1. The average Bonchev–Trinajstić information content (AvgIpc) is 2.39. The summed E-state index contributed by atoms with van der Waals surface area (Å²) in [6.07, 6.45) is 0. The maximum atomic E-state index is 13.4. The van der Waals surface area contributed by atoms with Crippen molar-refractivity contribution in [3.05, 3.63) is 29.3 Å². The Morgan fingerprint density at radius 1 is 1.22 bits per heavy atom. The Labute approximate surface area is 108 Å². The van der Waals surface area contributed by atoms with Gasteiger partial charge in [-0.15, -0.1) is 0 Å². The molecule has 1 aliphatic heterocycles. The van der Waals surface area contributed by atoms with Crippen LogP contribution in [0.25, 0.3) is 10.9 Å². The summed E-state index contributed by atoms with van der Waals surface area (Å²) >= 11 is 5.91. The van der Waals surface area contributed by atoms with Crippen molar-refractivity contribution in [3.63, 3.8) is 0 Å². The summed E-state index contributed by atoms with van der Waals surface area (Å²) in [6, 6.07) is 4.42. The summed E-state index contributed by atoms with van der Waals surface area (Å²) < 4.78 is 18.6. The van der Waals surface area contributed by atoms with E-state index in [1.807, 2.05) is 4.90 Å². The van der Waals surface area contributed by atoms with Crippen LogP contribution in [0.5, 0.6) is 0 Å². The fraction of sp³-hybridized carbons (Fsp3) is 0.333. The van der Waals surface area contributed by atoms with Gasteiger partial charge in [0.05, 0.1) is 18.7 Å². The van der Waals surface area contributed by atoms with Crippen molar-refractivity contribution in [1.29, 1.82) is 0 Å². The molecule has 94 valence electrons. The zero-order chi connectivity index (χ0) is 12.5. The molecule has 2 heterocycles. The fourth-order valence-electron chi connectivity index (χ4n) is 2.07. The summed E-state index contributed by atoms with van der Waals surface area (Å²) in [7, 11) is 0. The second kappa shape index (κ2) is 4.66. The Balaban J connectivity index is 2.16. The van der Waals surface area contributed by atoms with Crippen LogP contribution >= 0.6 is 11.6 Å². The Bertz CT molecular complexity index is 587. The lowest BCUT2D eigenvalue weighted by Crippen LogP contribution is -2.37. The van der Waals surface area contributed by atoms with Crippen molar-refractivity contribution in [2.75, 3.05) is 31.2 Å². The average molecular weight is 268 g/mol. The zero-order valence-corrected chi connectivity index (χ0v) is 10.3. The highest BCUT2D eigenvalue weighted by atomic mass is 35.5. The molecule has 0 spiro atoms. The molecule has 3 rings (SSSR count). The van der Waals surface area contributed by atoms with Gasteiger partial charge in [0, 0.05) is 18.5 Å². The number of aromatic nitrogens is 2. The quantitative estimate of drug-likeness (QED) is 0.743. The fourth-order valence-corrected chi connectivity index (χ4v) is 2.24. The molecule has 0 aliphatic carbocycles. The molecule has 0 atom stereocenters. The van der Waals surface area contributed by atoms with Crippen LogP contribution in [0.4, 0.5) is 10.2 Å². The summed E-state index contributed by atoms with van der Waals surface area (Å²) in [6.45, 7) is 2.72. The molecular formula is C12H11ClFN3O. The number of hydrogen-bond donors (Lipinski definition) is 0. The van der Waals surface area contributed by atoms with Gasteiger partial charge in [-0.3, -0.25) is 0 Å². The molecule has 4 nitrogen and oxygen atoms in total. The normalized spacial score (nSPS) is 16.2. The van der Waals surface area contributed by atoms with E-state index in [1.165, 1.54) is 12.1 Å². The van der Waals surface area contributed by atoms with Crippen molar-refractivity contribution in [2.45, 2.75) is 0 Å². The number of benzene rings is 1. The molecule has 1 aromatic carbocycles. The lowest BCUT2D eigenvalue weighted by Gasteiger charge is -2.28. The smallest absolute Gasteiger partial charge is 0.224 e. The molecule has 1 fully saturated rings. The molecule has 0 unspecified atom stereocenters. The first kappa shape index (κ1) is 11.6. The zero-order valence-electron chi connectivity index (χ0n) is 9.57. The first-order valence-corrected chi connectivity index (χ1v) is 6.07. The molecule has 1 aromatic heterocycles. The Hall–Kier alpha value is -1.46. The highest BCUT2D eigenvalue weighted by molar-refractivity contribution is 6.28. The van der Waals surface area contributed by atoms with E-state index in [2.05, 4.69) is 9.97 Å².